The Hall–Kier alpha value is -2.21. The molecule has 0 radical (unpaired) electrons. The summed E-state index contributed by atoms with van der Waals surface area (Å²) in [5.74, 6) is 1.78. The summed E-state index contributed by atoms with van der Waals surface area (Å²) in [5, 5.41) is 3.79. The minimum atomic E-state index is -0.626. The molecule has 2 aromatic rings. The Morgan fingerprint density at radius 3 is 2.92 bits per heavy atom. The summed E-state index contributed by atoms with van der Waals surface area (Å²) in [6.45, 7) is 4.41. The number of hydrogen-bond acceptors (Lipinski definition) is 5. The van der Waals surface area contributed by atoms with E-state index in [9.17, 15) is 4.79 Å². The number of fused-ring (bicyclic) bond motifs is 1. The molecule has 0 unspecified atom stereocenters. The van der Waals surface area contributed by atoms with E-state index < -0.39 is 11.7 Å². The van der Waals surface area contributed by atoms with Gasteiger partial charge in [0, 0.05) is 17.8 Å². The van der Waals surface area contributed by atoms with Crippen LogP contribution < -0.4 is 10.1 Å². The van der Waals surface area contributed by atoms with Crippen LogP contribution in [-0.4, -0.2) is 23.4 Å². The summed E-state index contributed by atoms with van der Waals surface area (Å²) >= 11 is 1.76. The van der Waals surface area contributed by atoms with Gasteiger partial charge in [0.15, 0.2) is 0 Å². The summed E-state index contributed by atoms with van der Waals surface area (Å²) in [7, 11) is 0. The van der Waals surface area contributed by atoms with Crippen LogP contribution in [0.5, 0.6) is 5.75 Å². The zero-order chi connectivity index (χ0) is 17.7. The summed E-state index contributed by atoms with van der Waals surface area (Å²) in [6.07, 6.45) is 3.41. The highest BCUT2D eigenvalue weighted by Crippen LogP contribution is 2.37. The second kappa shape index (κ2) is 7.78. The molecule has 0 spiro atoms. The first-order valence-electron chi connectivity index (χ1n) is 8.36. The lowest BCUT2D eigenvalue weighted by atomic mass is 9.95. The Balaban J connectivity index is 1.45. The number of hydrogen-bond donors (Lipinski definition) is 1. The summed E-state index contributed by atoms with van der Waals surface area (Å²) in [4.78, 5) is 15.9. The van der Waals surface area contributed by atoms with E-state index in [2.05, 4.69) is 10.3 Å². The van der Waals surface area contributed by atoms with Crippen molar-refractivity contribution in [3.05, 3.63) is 48.2 Å². The molecule has 2 heterocycles. The maximum Gasteiger partial charge on any atom is 0.412 e. The Bertz CT molecular complexity index is 735. The average molecular weight is 358 g/mol. The number of aromatic nitrogens is 1. The number of rotatable bonds is 7. The molecule has 1 aliphatic rings. The number of nitrogens with zero attached hydrogens (tertiary/aromatic N) is 1. The number of unbranched alkanes of at least 4 members (excludes halogenated alkanes) is 1. The largest absolute Gasteiger partial charge is 0.494 e. The number of thioether (sulfide) groups is 1. The number of pyridine rings is 1. The molecule has 0 fully saturated rings. The number of amides is 1. The lowest BCUT2D eigenvalue weighted by Gasteiger charge is -2.32. The molecule has 5 nitrogen and oxygen atoms in total. The number of carbonyl (C=O) groups is 1. The molecule has 132 valence electrons. The third-order valence-corrected chi connectivity index (χ3v) is 4.95. The minimum absolute atomic E-state index is 0.429. The Morgan fingerprint density at radius 2 is 2.12 bits per heavy atom. The van der Waals surface area contributed by atoms with Crippen molar-refractivity contribution in [2.75, 3.05) is 17.7 Å². The van der Waals surface area contributed by atoms with E-state index in [1.807, 2.05) is 56.4 Å². The third-order valence-electron chi connectivity index (χ3n) is 3.92. The average Bonchev–Trinajstić information content (AvgIpc) is 2.57. The van der Waals surface area contributed by atoms with Crippen LogP contribution in [0.4, 0.5) is 10.5 Å². The molecule has 0 aliphatic carbocycles. The van der Waals surface area contributed by atoms with Crippen LogP contribution in [0.1, 0.15) is 32.3 Å². The Labute approximate surface area is 152 Å². The summed E-state index contributed by atoms with van der Waals surface area (Å²) in [6, 6.07) is 11.7. The quantitative estimate of drug-likeness (QED) is 0.567. The molecule has 6 heteroatoms. The van der Waals surface area contributed by atoms with Gasteiger partial charge in [-0.15, -0.1) is 11.8 Å². The third kappa shape index (κ3) is 4.66. The molecule has 1 aliphatic heterocycles. The van der Waals surface area contributed by atoms with E-state index in [4.69, 9.17) is 9.47 Å². The minimum Gasteiger partial charge on any atom is -0.494 e. The van der Waals surface area contributed by atoms with Gasteiger partial charge in [0.1, 0.15) is 11.4 Å². The van der Waals surface area contributed by atoms with Gasteiger partial charge in [0.05, 0.1) is 17.3 Å². The van der Waals surface area contributed by atoms with Gasteiger partial charge in [-0.25, -0.2) is 9.78 Å². The van der Waals surface area contributed by atoms with E-state index >= 15 is 0 Å². The molecule has 0 atom stereocenters. The van der Waals surface area contributed by atoms with Crippen LogP contribution in [0, 0.1) is 0 Å². The fraction of sp³-hybridized carbons (Fsp3) is 0.368. The van der Waals surface area contributed by atoms with Crippen LogP contribution in [0.25, 0.3) is 0 Å². The van der Waals surface area contributed by atoms with Crippen molar-refractivity contribution in [3.63, 3.8) is 0 Å². The molecule has 25 heavy (non-hydrogen) atoms. The number of benzene rings is 1. The predicted octanol–water partition coefficient (Wildman–Crippen LogP) is 4.83. The van der Waals surface area contributed by atoms with Crippen molar-refractivity contribution >= 4 is 23.5 Å². The molecule has 3 rings (SSSR count). The van der Waals surface area contributed by atoms with Crippen molar-refractivity contribution in [1.29, 1.82) is 0 Å². The molecule has 1 amide bonds. The monoisotopic (exact) mass is 358 g/mol. The van der Waals surface area contributed by atoms with Gasteiger partial charge in [-0.05, 0) is 56.7 Å². The topological polar surface area (TPSA) is 60.5 Å². The Kier molecular flexibility index (Phi) is 5.48. The second-order valence-corrected chi connectivity index (χ2v) is 7.42. The first kappa shape index (κ1) is 17.6. The van der Waals surface area contributed by atoms with Crippen molar-refractivity contribution < 1.29 is 14.3 Å². The van der Waals surface area contributed by atoms with E-state index in [0.717, 1.165) is 40.6 Å². The SMILES string of the molecule is CC1(C)OC(=O)Nc2cc(OCCCCSc3ccccn3)ccc21. The first-order valence-corrected chi connectivity index (χ1v) is 9.34. The van der Waals surface area contributed by atoms with E-state index in [1.165, 1.54) is 0 Å². The zero-order valence-corrected chi connectivity index (χ0v) is 15.3. The van der Waals surface area contributed by atoms with Gasteiger partial charge in [0.25, 0.3) is 0 Å². The number of cyclic esters (lactones) is 1. The second-order valence-electron chi connectivity index (χ2n) is 6.30. The smallest absolute Gasteiger partial charge is 0.412 e. The number of carbonyl (C=O) groups excluding carboxylic acids is 1. The number of anilines is 1. The normalized spacial score (nSPS) is 15.0. The van der Waals surface area contributed by atoms with E-state index in [1.54, 1.807) is 11.8 Å². The van der Waals surface area contributed by atoms with E-state index in [-0.39, 0.29) is 0 Å². The fourth-order valence-corrected chi connectivity index (χ4v) is 3.53. The van der Waals surface area contributed by atoms with E-state index in [0.29, 0.717) is 6.61 Å². The molecule has 0 saturated carbocycles. The van der Waals surface area contributed by atoms with Crippen molar-refractivity contribution in [3.8, 4) is 5.75 Å². The standard InChI is InChI=1S/C19H22N2O3S/c1-19(2)15-9-8-14(13-16(15)21-18(22)24-19)23-11-5-6-12-25-17-7-3-4-10-20-17/h3-4,7-10,13H,5-6,11-12H2,1-2H3,(H,21,22). The first-order chi connectivity index (χ1) is 12.0. The maximum atomic E-state index is 11.6. The van der Waals surface area contributed by atoms with Crippen molar-refractivity contribution in [1.82, 2.24) is 4.98 Å². The molecule has 0 saturated heterocycles. The number of nitrogens with one attached hydrogen (secondary N) is 1. The van der Waals surface area contributed by atoms with Gasteiger partial charge in [0.2, 0.25) is 0 Å². The van der Waals surface area contributed by atoms with Gasteiger partial charge in [-0.1, -0.05) is 6.07 Å². The zero-order valence-electron chi connectivity index (χ0n) is 14.5. The summed E-state index contributed by atoms with van der Waals surface area (Å²) < 4.78 is 11.1. The fourth-order valence-electron chi connectivity index (χ4n) is 2.67. The highest BCUT2D eigenvalue weighted by Gasteiger charge is 2.33. The Morgan fingerprint density at radius 1 is 1.24 bits per heavy atom. The van der Waals surface area contributed by atoms with Crippen LogP contribution >= 0.6 is 11.8 Å². The van der Waals surface area contributed by atoms with Crippen LogP contribution in [0.2, 0.25) is 0 Å². The molecule has 1 aromatic carbocycles. The van der Waals surface area contributed by atoms with Crippen LogP contribution in [0.3, 0.4) is 0 Å². The predicted molar refractivity (Wildman–Crippen MR) is 99.3 cm³/mol. The maximum absolute atomic E-state index is 11.6. The highest BCUT2D eigenvalue weighted by atomic mass is 32.2. The van der Waals surface area contributed by atoms with Gasteiger partial charge >= 0.3 is 6.09 Å². The van der Waals surface area contributed by atoms with Crippen molar-refractivity contribution in [2.24, 2.45) is 0 Å². The van der Waals surface area contributed by atoms with Gasteiger partial charge < -0.3 is 9.47 Å². The molecular formula is C19H22N2O3S. The van der Waals surface area contributed by atoms with Gasteiger partial charge in [-0.3, -0.25) is 5.32 Å². The lowest BCUT2D eigenvalue weighted by molar-refractivity contribution is 0.0420. The molecule has 0 bridgehead atoms. The molecular weight excluding hydrogens is 336 g/mol. The number of ether oxygens (including phenoxy) is 2. The van der Waals surface area contributed by atoms with Crippen LogP contribution in [-0.2, 0) is 10.3 Å². The van der Waals surface area contributed by atoms with Crippen LogP contribution in [0.15, 0.2) is 47.6 Å². The lowest BCUT2D eigenvalue weighted by Crippen LogP contribution is -2.34. The molecule has 1 aromatic heterocycles. The van der Waals surface area contributed by atoms with Gasteiger partial charge in [-0.2, -0.15) is 0 Å². The molecule has 1 N–H and O–H groups in total. The highest BCUT2D eigenvalue weighted by molar-refractivity contribution is 7.99. The van der Waals surface area contributed by atoms with Crippen molar-refractivity contribution in [2.45, 2.75) is 37.3 Å². The summed E-state index contributed by atoms with van der Waals surface area (Å²) in [5.41, 5.74) is 1.08.